The molecule has 0 radical (unpaired) electrons. The van der Waals surface area contributed by atoms with Crippen molar-refractivity contribution in [3.63, 3.8) is 0 Å². The van der Waals surface area contributed by atoms with Gasteiger partial charge in [-0.05, 0) is 18.6 Å². The van der Waals surface area contributed by atoms with Crippen LogP contribution in [0.5, 0.6) is 0 Å². The largest absolute Gasteiger partial charge is 0.328 e. The van der Waals surface area contributed by atoms with Crippen LogP contribution >= 0.6 is 0 Å². The summed E-state index contributed by atoms with van der Waals surface area (Å²) in [6, 6.07) is -0.808. The summed E-state index contributed by atoms with van der Waals surface area (Å²) >= 11 is 0. The van der Waals surface area contributed by atoms with Gasteiger partial charge in [0.1, 0.15) is 5.57 Å². The molecule has 5 heteroatoms. The third-order valence-corrected chi connectivity index (χ3v) is 1.92. The molecule has 0 spiro atoms. The van der Waals surface area contributed by atoms with Crippen LogP contribution in [0.2, 0.25) is 0 Å². The van der Waals surface area contributed by atoms with Crippen molar-refractivity contribution in [3.05, 3.63) is 48.1 Å². The topological polar surface area (TPSA) is 75.3 Å². The van der Waals surface area contributed by atoms with E-state index in [2.05, 4.69) is 6.58 Å². The Balaban J connectivity index is 3.08. The molecule has 0 bridgehead atoms. The standard InChI is InChI=1S/C12H12N2O3/c1-3-5-8(6-4-2)7-9-10(15)13-12(17)14-11(9)16/h3-7H,1H2,2H3,(H2,13,14,15,16,17)/b6-4-,8-5+. The van der Waals surface area contributed by atoms with Crippen molar-refractivity contribution in [2.24, 2.45) is 0 Å². The minimum absolute atomic E-state index is 0.115. The summed E-state index contributed by atoms with van der Waals surface area (Å²) in [4.78, 5) is 33.7. The lowest BCUT2D eigenvalue weighted by Crippen LogP contribution is -2.51. The van der Waals surface area contributed by atoms with E-state index in [9.17, 15) is 14.4 Å². The fourth-order valence-electron chi connectivity index (χ4n) is 1.25. The first-order chi connectivity index (χ1) is 8.08. The van der Waals surface area contributed by atoms with Crippen LogP contribution in [0.25, 0.3) is 0 Å². The van der Waals surface area contributed by atoms with Crippen LogP contribution in [-0.4, -0.2) is 17.8 Å². The summed E-state index contributed by atoms with van der Waals surface area (Å²) in [5, 5.41) is 3.99. The van der Waals surface area contributed by atoms with Crippen molar-refractivity contribution in [1.29, 1.82) is 0 Å². The molecule has 0 aliphatic carbocycles. The Labute approximate surface area is 98.6 Å². The number of urea groups is 1. The SMILES string of the molecule is C=C/C=C(C=C1C(=O)NC(=O)NC1=O)\C=C/C. The number of hydrogen-bond acceptors (Lipinski definition) is 3. The Bertz CT molecular complexity index is 448. The molecule has 1 heterocycles. The predicted molar refractivity (Wildman–Crippen MR) is 62.9 cm³/mol. The number of barbiturate groups is 1. The summed E-state index contributed by atoms with van der Waals surface area (Å²) in [5.41, 5.74) is 0.521. The zero-order valence-corrected chi connectivity index (χ0v) is 9.32. The summed E-state index contributed by atoms with van der Waals surface area (Å²) < 4.78 is 0. The third-order valence-electron chi connectivity index (χ3n) is 1.92. The second kappa shape index (κ2) is 5.60. The molecule has 0 aromatic carbocycles. The first-order valence-corrected chi connectivity index (χ1v) is 4.92. The van der Waals surface area contributed by atoms with Gasteiger partial charge in [0.15, 0.2) is 0 Å². The van der Waals surface area contributed by atoms with Crippen molar-refractivity contribution < 1.29 is 14.4 Å². The highest BCUT2D eigenvalue weighted by atomic mass is 16.2. The number of amides is 4. The molecule has 0 saturated carbocycles. The fourth-order valence-corrected chi connectivity index (χ4v) is 1.25. The smallest absolute Gasteiger partial charge is 0.273 e. The van der Waals surface area contributed by atoms with E-state index < -0.39 is 17.8 Å². The van der Waals surface area contributed by atoms with Crippen LogP contribution in [0.15, 0.2) is 48.1 Å². The second-order valence-electron chi connectivity index (χ2n) is 3.20. The normalized spacial score (nSPS) is 16.9. The molecule has 88 valence electrons. The van der Waals surface area contributed by atoms with Gasteiger partial charge < -0.3 is 0 Å². The molecule has 2 N–H and O–H groups in total. The molecule has 0 atom stereocenters. The Hall–Kier alpha value is -2.43. The molecule has 5 nitrogen and oxygen atoms in total. The van der Waals surface area contributed by atoms with Gasteiger partial charge in [0, 0.05) is 0 Å². The lowest BCUT2D eigenvalue weighted by atomic mass is 10.1. The molecule has 0 aromatic rings. The molecule has 4 amide bonds. The van der Waals surface area contributed by atoms with E-state index in [1.54, 1.807) is 25.2 Å². The molecule has 1 aliphatic rings. The van der Waals surface area contributed by atoms with Crippen molar-refractivity contribution in [3.8, 4) is 0 Å². The Morgan fingerprint density at radius 3 is 2.24 bits per heavy atom. The molecular weight excluding hydrogens is 220 g/mol. The highest BCUT2D eigenvalue weighted by Gasteiger charge is 2.27. The minimum atomic E-state index is -0.808. The maximum atomic E-state index is 11.4. The van der Waals surface area contributed by atoms with Crippen LogP contribution in [0, 0.1) is 0 Å². The quantitative estimate of drug-likeness (QED) is 0.432. The fraction of sp³-hybridized carbons (Fsp3) is 0.0833. The number of carbonyl (C=O) groups is 3. The first kappa shape index (κ1) is 12.6. The highest BCUT2D eigenvalue weighted by Crippen LogP contribution is 2.08. The summed E-state index contributed by atoms with van der Waals surface area (Å²) in [7, 11) is 0. The van der Waals surface area contributed by atoms with E-state index in [1.165, 1.54) is 12.2 Å². The predicted octanol–water partition coefficient (Wildman–Crippen LogP) is 0.967. The lowest BCUT2D eigenvalue weighted by Gasteiger charge is -2.13. The lowest BCUT2D eigenvalue weighted by molar-refractivity contribution is -0.124. The third kappa shape index (κ3) is 3.27. The van der Waals surface area contributed by atoms with Gasteiger partial charge in [0.25, 0.3) is 11.8 Å². The van der Waals surface area contributed by atoms with Crippen molar-refractivity contribution >= 4 is 17.8 Å². The molecule has 1 aliphatic heterocycles. The average Bonchev–Trinajstić information content (AvgIpc) is 2.23. The van der Waals surface area contributed by atoms with Crippen LogP contribution in [0.4, 0.5) is 4.79 Å². The summed E-state index contributed by atoms with van der Waals surface area (Å²) in [6.45, 7) is 5.34. The van der Waals surface area contributed by atoms with Gasteiger partial charge in [-0.3, -0.25) is 20.2 Å². The van der Waals surface area contributed by atoms with Crippen LogP contribution in [0.1, 0.15) is 6.92 Å². The van der Waals surface area contributed by atoms with E-state index in [0.717, 1.165) is 0 Å². The molecule has 1 saturated heterocycles. The van der Waals surface area contributed by atoms with Gasteiger partial charge in [-0.2, -0.15) is 0 Å². The van der Waals surface area contributed by atoms with Crippen LogP contribution in [0.3, 0.4) is 0 Å². The number of allylic oxidation sites excluding steroid dienone is 6. The van der Waals surface area contributed by atoms with Crippen molar-refractivity contribution in [2.75, 3.05) is 0 Å². The number of imide groups is 2. The number of nitrogens with one attached hydrogen (secondary N) is 2. The van der Waals surface area contributed by atoms with Gasteiger partial charge >= 0.3 is 6.03 Å². The molecule has 0 aromatic heterocycles. The van der Waals surface area contributed by atoms with E-state index in [4.69, 9.17) is 0 Å². The van der Waals surface area contributed by atoms with Gasteiger partial charge in [-0.1, -0.05) is 30.9 Å². The average molecular weight is 232 g/mol. The van der Waals surface area contributed by atoms with Crippen molar-refractivity contribution in [1.82, 2.24) is 10.6 Å². The maximum Gasteiger partial charge on any atom is 0.328 e. The van der Waals surface area contributed by atoms with Gasteiger partial charge in [0.2, 0.25) is 0 Å². The monoisotopic (exact) mass is 232 g/mol. The Kier molecular flexibility index (Phi) is 4.16. The van der Waals surface area contributed by atoms with Crippen LogP contribution in [-0.2, 0) is 9.59 Å². The molecule has 0 unspecified atom stereocenters. The molecule has 1 rings (SSSR count). The minimum Gasteiger partial charge on any atom is -0.273 e. The van der Waals surface area contributed by atoms with Crippen molar-refractivity contribution in [2.45, 2.75) is 6.92 Å². The van der Waals surface area contributed by atoms with Gasteiger partial charge in [0.05, 0.1) is 0 Å². The number of carbonyl (C=O) groups excluding carboxylic acids is 3. The van der Waals surface area contributed by atoms with E-state index >= 15 is 0 Å². The molecule has 1 fully saturated rings. The van der Waals surface area contributed by atoms with Gasteiger partial charge in [-0.25, -0.2) is 4.79 Å². The molecular formula is C12H12N2O3. The number of rotatable bonds is 3. The van der Waals surface area contributed by atoms with E-state index in [1.807, 2.05) is 10.6 Å². The Morgan fingerprint density at radius 2 is 1.76 bits per heavy atom. The van der Waals surface area contributed by atoms with Crippen LogP contribution < -0.4 is 10.6 Å². The van der Waals surface area contributed by atoms with Gasteiger partial charge in [-0.15, -0.1) is 0 Å². The maximum absolute atomic E-state index is 11.4. The highest BCUT2D eigenvalue weighted by molar-refractivity contribution is 6.29. The first-order valence-electron chi connectivity index (χ1n) is 4.92. The molecule has 17 heavy (non-hydrogen) atoms. The number of hydrogen-bond donors (Lipinski definition) is 2. The second-order valence-corrected chi connectivity index (χ2v) is 3.20. The zero-order valence-electron chi connectivity index (χ0n) is 9.32. The zero-order chi connectivity index (χ0) is 12.8. The van der Waals surface area contributed by atoms with E-state index in [-0.39, 0.29) is 5.57 Å². The summed E-state index contributed by atoms with van der Waals surface area (Å²) in [5.74, 6) is -1.42. The van der Waals surface area contributed by atoms with E-state index in [0.29, 0.717) is 5.57 Å². The Morgan fingerprint density at radius 1 is 1.18 bits per heavy atom. The summed E-state index contributed by atoms with van der Waals surface area (Å²) in [6.07, 6.45) is 8.04.